The summed E-state index contributed by atoms with van der Waals surface area (Å²) < 4.78 is 0.309. The maximum absolute atomic E-state index is 11.4. The van der Waals surface area contributed by atoms with Crippen molar-refractivity contribution in [1.29, 1.82) is 0 Å². The molecule has 80 valence electrons. The van der Waals surface area contributed by atoms with Crippen molar-refractivity contribution in [2.24, 2.45) is 5.73 Å². The Morgan fingerprint density at radius 1 is 1.79 bits per heavy atom. The van der Waals surface area contributed by atoms with Crippen LogP contribution in [0.5, 0.6) is 0 Å². The van der Waals surface area contributed by atoms with Crippen LogP contribution in [-0.2, 0) is 4.79 Å². The fraction of sp³-hybridized carbons (Fsp3) is 0.700. The summed E-state index contributed by atoms with van der Waals surface area (Å²) in [5, 5.41) is 2.89. The van der Waals surface area contributed by atoms with Crippen LogP contribution in [0.2, 0.25) is 0 Å². The van der Waals surface area contributed by atoms with E-state index in [4.69, 9.17) is 5.73 Å². The van der Waals surface area contributed by atoms with Gasteiger partial charge in [0.15, 0.2) is 0 Å². The lowest BCUT2D eigenvalue weighted by Gasteiger charge is -2.15. The molecule has 0 aromatic carbocycles. The Morgan fingerprint density at radius 2 is 2.43 bits per heavy atom. The lowest BCUT2D eigenvalue weighted by atomic mass is 10.2. The molecule has 3 nitrogen and oxygen atoms in total. The number of carbonyl (C=O) groups is 1. The Labute approximate surface area is 89.5 Å². The summed E-state index contributed by atoms with van der Waals surface area (Å²) >= 11 is 1.83. The van der Waals surface area contributed by atoms with Crippen LogP contribution in [0.4, 0.5) is 0 Å². The van der Waals surface area contributed by atoms with Crippen LogP contribution in [0.1, 0.15) is 19.3 Å². The van der Waals surface area contributed by atoms with Crippen LogP contribution in [0.3, 0.4) is 0 Å². The second-order valence-corrected chi connectivity index (χ2v) is 5.01. The molecule has 1 fully saturated rings. The highest BCUT2D eigenvalue weighted by molar-refractivity contribution is 8.00. The van der Waals surface area contributed by atoms with Gasteiger partial charge in [-0.3, -0.25) is 4.79 Å². The van der Waals surface area contributed by atoms with Crippen LogP contribution in [0.25, 0.3) is 0 Å². The molecule has 0 heterocycles. The molecule has 1 unspecified atom stereocenters. The predicted octanol–water partition coefficient (Wildman–Crippen LogP) is 0.902. The van der Waals surface area contributed by atoms with Crippen molar-refractivity contribution in [3.8, 4) is 0 Å². The minimum atomic E-state index is -0.440. The second-order valence-electron chi connectivity index (χ2n) is 3.74. The Hall–Kier alpha value is -0.480. The number of nitrogens with one attached hydrogen (secondary N) is 1. The highest BCUT2D eigenvalue weighted by Gasteiger charge is 2.42. The van der Waals surface area contributed by atoms with Gasteiger partial charge < -0.3 is 11.1 Å². The second kappa shape index (κ2) is 4.84. The molecule has 0 bridgehead atoms. The van der Waals surface area contributed by atoms with Gasteiger partial charge in [-0.1, -0.05) is 6.08 Å². The first-order chi connectivity index (χ1) is 6.63. The van der Waals surface area contributed by atoms with Crippen molar-refractivity contribution in [3.05, 3.63) is 12.7 Å². The van der Waals surface area contributed by atoms with Crippen molar-refractivity contribution < 1.29 is 4.79 Å². The molecule has 1 aliphatic carbocycles. The third kappa shape index (κ3) is 3.03. The van der Waals surface area contributed by atoms with Gasteiger partial charge in [-0.15, -0.1) is 6.58 Å². The largest absolute Gasteiger partial charge is 0.353 e. The van der Waals surface area contributed by atoms with Crippen LogP contribution >= 0.6 is 11.8 Å². The van der Waals surface area contributed by atoms with Crippen LogP contribution in [-0.4, -0.2) is 29.5 Å². The zero-order valence-corrected chi connectivity index (χ0v) is 9.40. The fourth-order valence-electron chi connectivity index (χ4n) is 1.26. The van der Waals surface area contributed by atoms with E-state index in [2.05, 4.69) is 18.2 Å². The Morgan fingerprint density at radius 3 is 2.86 bits per heavy atom. The molecule has 1 amide bonds. The normalized spacial score (nSPS) is 19.9. The van der Waals surface area contributed by atoms with Gasteiger partial charge in [-0.2, -0.15) is 11.8 Å². The monoisotopic (exact) mass is 214 g/mol. The zero-order valence-electron chi connectivity index (χ0n) is 8.58. The first-order valence-electron chi connectivity index (χ1n) is 4.83. The Balaban J connectivity index is 2.24. The average molecular weight is 214 g/mol. The van der Waals surface area contributed by atoms with E-state index in [1.165, 1.54) is 12.8 Å². The highest BCUT2D eigenvalue weighted by Crippen LogP contribution is 2.46. The van der Waals surface area contributed by atoms with E-state index in [1.807, 2.05) is 11.8 Å². The van der Waals surface area contributed by atoms with E-state index >= 15 is 0 Å². The molecule has 0 aromatic rings. The van der Waals surface area contributed by atoms with Gasteiger partial charge in [0.1, 0.15) is 0 Å². The number of hydrogen-bond donors (Lipinski definition) is 2. The number of hydrogen-bond acceptors (Lipinski definition) is 3. The summed E-state index contributed by atoms with van der Waals surface area (Å²) in [6.45, 7) is 4.30. The van der Waals surface area contributed by atoms with Gasteiger partial charge in [0, 0.05) is 11.3 Å². The van der Waals surface area contributed by atoms with E-state index in [0.29, 0.717) is 11.2 Å². The molecule has 1 aliphatic rings. The Kier molecular flexibility index (Phi) is 4.01. The zero-order chi connectivity index (χ0) is 10.6. The molecule has 0 aromatic heterocycles. The standard InChI is InChI=1S/C10H18N2OS/c1-3-4-8(11)9(13)12-7-10(14-2)5-6-10/h3,8H,1,4-7,11H2,2H3,(H,12,13). The van der Waals surface area contributed by atoms with E-state index in [1.54, 1.807) is 6.08 Å². The SMILES string of the molecule is C=CCC(N)C(=O)NCC1(SC)CC1. The first kappa shape index (κ1) is 11.6. The number of amides is 1. The van der Waals surface area contributed by atoms with Gasteiger partial charge in [-0.25, -0.2) is 0 Å². The fourth-order valence-corrected chi connectivity index (χ4v) is 1.99. The number of carbonyl (C=O) groups excluding carboxylic acids is 1. The maximum Gasteiger partial charge on any atom is 0.237 e. The minimum Gasteiger partial charge on any atom is -0.353 e. The first-order valence-corrected chi connectivity index (χ1v) is 6.05. The van der Waals surface area contributed by atoms with Crippen LogP contribution < -0.4 is 11.1 Å². The molecule has 1 rings (SSSR count). The van der Waals surface area contributed by atoms with Crippen molar-refractivity contribution in [1.82, 2.24) is 5.32 Å². The summed E-state index contributed by atoms with van der Waals surface area (Å²) in [5.41, 5.74) is 5.63. The molecule has 0 radical (unpaired) electrons. The molecule has 14 heavy (non-hydrogen) atoms. The molecule has 3 N–H and O–H groups in total. The summed E-state index contributed by atoms with van der Waals surface area (Å²) in [4.78, 5) is 11.4. The third-order valence-electron chi connectivity index (χ3n) is 2.58. The van der Waals surface area contributed by atoms with Gasteiger partial charge in [0.05, 0.1) is 6.04 Å². The van der Waals surface area contributed by atoms with Crippen LogP contribution in [0, 0.1) is 0 Å². The predicted molar refractivity (Wildman–Crippen MR) is 61.3 cm³/mol. The number of rotatable bonds is 6. The van der Waals surface area contributed by atoms with Gasteiger partial charge >= 0.3 is 0 Å². The molecule has 0 spiro atoms. The average Bonchev–Trinajstić information content (AvgIpc) is 2.95. The van der Waals surface area contributed by atoms with Gasteiger partial charge in [0.25, 0.3) is 0 Å². The molecule has 0 aliphatic heterocycles. The molecule has 4 heteroatoms. The summed E-state index contributed by atoms with van der Waals surface area (Å²) in [6.07, 6.45) is 6.70. The summed E-state index contributed by atoms with van der Waals surface area (Å²) in [5.74, 6) is -0.0646. The lowest BCUT2D eigenvalue weighted by molar-refractivity contribution is -0.122. The smallest absolute Gasteiger partial charge is 0.237 e. The topological polar surface area (TPSA) is 55.1 Å². The van der Waals surface area contributed by atoms with Crippen molar-refractivity contribution in [3.63, 3.8) is 0 Å². The molecule has 1 atom stereocenters. The minimum absolute atomic E-state index is 0.0646. The molecule has 1 saturated carbocycles. The summed E-state index contributed by atoms with van der Waals surface area (Å²) in [7, 11) is 0. The van der Waals surface area contributed by atoms with Crippen LogP contribution in [0.15, 0.2) is 12.7 Å². The molecular formula is C10H18N2OS. The lowest BCUT2D eigenvalue weighted by Crippen LogP contribution is -2.43. The summed E-state index contributed by atoms with van der Waals surface area (Å²) in [6, 6.07) is -0.440. The van der Waals surface area contributed by atoms with E-state index in [-0.39, 0.29) is 5.91 Å². The highest BCUT2D eigenvalue weighted by atomic mass is 32.2. The van der Waals surface area contributed by atoms with E-state index in [9.17, 15) is 4.79 Å². The van der Waals surface area contributed by atoms with Crippen molar-refractivity contribution in [2.75, 3.05) is 12.8 Å². The van der Waals surface area contributed by atoms with Gasteiger partial charge in [0.2, 0.25) is 5.91 Å². The Bertz CT molecular complexity index is 226. The maximum atomic E-state index is 11.4. The number of thioether (sulfide) groups is 1. The van der Waals surface area contributed by atoms with Crippen molar-refractivity contribution >= 4 is 17.7 Å². The van der Waals surface area contributed by atoms with Gasteiger partial charge in [-0.05, 0) is 25.5 Å². The quantitative estimate of drug-likeness (QED) is 0.646. The molecule has 0 saturated heterocycles. The molecular weight excluding hydrogens is 196 g/mol. The number of nitrogens with two attached hydrogens (primary N) is 1. The van der Waals surface area contributed by atoms with E-state index < -0.39 is 6.04 Å². The third-order valence-corrected chi connectivity index (χ3v) is 4.00. The van der Waals surface area contributed by atoms with E-state index in [0.717, 1.165) is 6.54 Å². The van der Waals surface area contributed by atoms with Crippen molar-refractivity contribution in [2.45, 2.75) is 30.1 Å².